The molecular weight excluding hydrogens is 364 g/mol. The summed E-state index contributed by atoms with van der Waals surface area (Å²) < 4.78 is 16.6. The van der Waals surface area contributed by atoms with Gasteiger partial charge in [0.25, 0.3) is 0 Å². The van der Waals surface area contributed by atoms with Crippen molar-refractivity contribution in [1.82, 2.24) is 0 Å². The van der Waals surface area contributed by atoms with Gasteiger partial charge in [0.15, 0.2) is 0 Å². The van der Waals surface area contributed by atoms with Crippen LogP contribution in [0.1, 0.15) is 26.7 Å². The fraction of sp³-hybridized carbons (Fsp3) is 0.476. The molecule has 0 aromatic carbocycles. The molecule has 4 atom stereocenters. The lowest BCUT2D eigenvalue weighted by molar-refractivity contribution is -0.155. The largest absolute Gasteiger partial charge is 0.455 e. The van der Waals surface area contributed by atoms with Gasteiger partial charge in [-0.25, -0.2) is 9.59 Å². The lowest BCUT2D eigenvalue weighted by Gasteiger charge is -2.32. The van der Waals surface area contributed by atoms with Crippen molar-refractivity contribution < 1.29 is 33.7 Å². The topological polar surface area (TPSA) is 99.1 Å². The number of aliphatic hydroxyl groups is 1. The summed E-state index contributed by atoms with van der Waals surface area (Å²) in [5.74, 6) is -1.96. The van der Waals surface area contributed by atoms with Crippen molar-refractivity contribution >= 4 is 18.2 Å². The third-order valence-corrected chi connectivity index (χ3v) is 5.08. The molecule has 1 aliphatic carbocycles. The van der Waals surface area contributed by atoms with E-state index < -0.39 is 36.2 Å². The highest BCUT2D eigenvalue weighted by Gasteiger charge is 2.48. The first kappa shape index (κ1) is 21.8. The number of methoxy groups -OCH3 is 1. The number of aliphatic hydroxyl groups excluding tert-OH is 1. The highest BCUT2D eigenvalue weighted by Crippen LogP contribution is 2.37. The number of fused-ring (bicyclic) bond motifs is 1. The Hall–Kier alpha value is -2.51. The van der Waals surface area contributed by atoms with Gasteiger partial charge in [-0.3, -0.25) is 4.79 Å². The molecule has 0 unspecified atom stereocenters. The molecule has 1 aliphatic heterocycles. The predicted octanol–water partition coefficient (Wildman–Crippen LogP) is 1.81. The third kappa shape index (κ3) is 4.48. The van der Waals surface area contributed by atoms with E-state index in [1.165, 1.54) is 7.11 Å². The Balaban J connectivity index is 2.59. The maximum absolute atomic E-state index is 12.5. The van der Waals surface area contributed by atoms with E-state index in [4.69, 9.17) is 14.2 Å². The fourth-order valence-corrected chi connectivity index (χ4v) is 3.35. The molecule has 0 bridgehead atoms. The molecular formula is C21H26O7. The van der Waals surface area contributed by atoms with Crippen LogP contribution in [0.2, 0.25) is 0 Å². The Bertz CT molecular complexity index is 744. The summed E-state index contributed by atoms with van der Waals surface area (Å²) in [5, 5.41) is 9.62. The van der Waals surface area contributed by atoms with Crippen LogP contribution in [0.15, 0.2) is 47.1 Å². The minimum absolute atomic E-state index is 0.127. The molecule has 28 heavy (non-hydrogen) atoms. The number of ether oxygens (including phenoxy) is 3. The zero-order chi connectivity index (χ0) is 20.8. The van der Waals surface area contributed by atoms with Crippen molar-refractivity contribution in [2.75, 3.05) is 13.7 Å². The summed E-state index contributed by atoms with van der Waals surface area (Å²) in [6.45, 7) is 6.90. The van der Waals surface area contributed by atoms with Crippen LogP contribution >= 0.6 is 0 Å². The molecule has 7 nitrogen and oxygen atoms in total. The first-order chi connectivity index (χ1) is 13.4. The van der Waals surface area contributed by atoms with Gasteiger partial charge in [-0.1, -0.05) is 18.7 Å². The first-order valence-electron chi connectivity index (χ1n) is 9.10. The van der Waals surface area contributed by atoms with Crippen LogP contribution in [-0.2, 0) is 28.6 Å². The zero-order valence-electron chi connectivity index (χ0n) is 16.3. The van der Waals surface area contributed by atoms with Crippen molar-refractivity contribution in [2.45, 2.75) is 45.0 Å². The molecule has 2 aliphatic rings. The highest BCUT2D eigenvalue weighted by atomic mass is 16.6. The molecule has 0 spiro atoms. The fourth-order valence-electron chi connectivity index (χ4n) is 3.35. The molecule has 0 amide bonds. The summed E-state index contributed by atoms with van der Waals surface area (Å²) in [5.41, 5.74) is 1.46. The van der Waals surface area contributed by atoms with Crippen molar-refractivity contribution in [3.8, 4) is 0 Å². The van der Waals surface area contributed by atoms with Gasteiger partial charge in [-0.05, 0) is 38.3 Å². The predicted molar refractivity (Wildman–Crippen MR) is 101 cm³/mol. The average Bonchev–Trinajstić information content (AvgIpc) is 2.97. The monoisotopic (exact) mass is 390 g/mol. The average molecular weight is 390 g/mol. The van der Waals surface area contributed by atoms with Crippen molar-refractivity contribution in [3.05, 3.63) is 47.1 Å². The van der Waals surface area contributed by atoms with E-state index in [2.05, 4.69) is 6.58 Å². The molecule has 152 valence electrons. The van der Waals surface area contributed by atoms with Gasteiger partial charge in [-0.2, -0.15) is 0 Å². The van der Waals surface area contributed by atoms with Crippen LogP contribution in [0.25, 0.3) is 0 Å². The molecule has 2 rings (SSSR count). The van der Waals surface area contributed by atoms with Crippen molar-refractivity contribution in [2.24, 2.45) is 5.92 Å². The molecule has 0 radical (unpaired) electrons. The second kappa shape index (κ2) is 9.61. The Kier molecular flexibility index (Phi) is 7.48. The Morgan fingerprint density at radius 2 is 2.18 bits per heavy atom. The van der Waals surface area contributed by atoms with Crippen LogP contribution in [0.3, 0.4) is 0 Å². The standard InChI is InChI=1S/C21H26O7/c1-5-12(2)20(24)28-19-17-13(3)21(25)27-16(17)9-14(10-22)7-6-8-15(11-23)18(19)26-4/h5,8-9,11,16-19,22H,3,6-7,10H2,1-2,4H3/b12-5-,14-9?,15-8?/t16-,17+,18+,19+/m1/s1. The Morgan fingerprint density at radius 1 is 1.46 bits per heavy atom. The summed E-state index contributed by atoms with van der Waals surface area (Å²) in [6.07, 6.45) is 3.88. The molecule has 0 aromatic rings. The van der Waals surface area contributed by atoms with E-state index in [-0.39, 0.29) is 12.2 Å². The summed E-state index contributed by atoms with van der Waals surface area (Å²) in [7, 11) is 1.40. The number of rotatable bonds is 5. The number of carbonyl (C=O) groups excluding carboxylic acids is 3. The molecule has 7 heteroatoms. The van der Waals surface area contributed by atoms with Crippen LogP contribution in [0.5, 0.6) is 0 Å². The minimum Gasteiger partial charge on any atom is -0.455 e. The molecule has 1 heterocycles. The quantitative estimate of drug-likeness (QED) is 0.331. The lowest BCUT2D eigenvalue weighted by atomic mass is 9.83. The van der Waals surface area contributed by atoms with Crippen LogP contribution in [0.4, 0.5) is 0 Å². The molecule has 1 saturated heterocycles. The van der Waals surface area contributed by atoms with Crippen LogP contribution in [0, 0.1) is 5.92 Å². The molecule has 1 N–H and O–H groups in total. The molecule has 0 saturated carbocycles. The van der Waals surface area contributed by atoms with Gasteiger partial charge in [0, 0.05) is 23.8 Å². The van der Waals surface area contributed by atoms with Gasteiger partial charge in [-0.15, -0.1) is 0 Å². The van der Waals surface area contributed by atoms with Crippen molar-refractivity contribution in [1.29, 1.82) is 0 Å². The van der Waals surface area contributed by atoms with E-state index >= 15 is 0 Å². The summed E-state index contributed by atoms with van der Waals surface area (Å²) in [4.78, 5) is 36.4. The minimum atomic E-state index is -1.01. The second-order valence-corrected chi connectivity index (χ2v) is 6.76. The van der Waals surface area contributed by atoms with E-state index in [1.807, 2.05) is 0 Å². The number of hydrogen-bond donors (Lipinski definition) is 1. The van der Waals surface area contributed by atoms with Crippen molar-refractivity contribution in [3.63, 3.8) is 0 Å². The van der Waals surface area contributed by atoms with E-state index in [9.17, 15) is 19.5 Å². The summed E-state index contributed by atoms with van der Waals surface area (Å²) >= 11 is 0. The normalized spacial score (nSPS) is 28.6. The second-order valence-electron chi connectivity index (χ2n) is 6.76. The van der Waals surface area contributed by atoms with E-state index in [1.54, 1.807) is 32.1 Å². The number of aldehydes is 1. The summed E-state index contributed by atoms with van der Waals surface area (Å²) in [6, 6.07) is 0. The van der Waals surface area contributed by atoms with Gasteiger partial charge in [0.05, 0.1) is 12.5 Å². The maximum Gasteiger partial charge on any atom is 0.334 e. The lowest BCUT2D eigenvalue weighted by Crippen LogP contribution is -2.44. The third-order valence-electron chi connectivity index (χ3n) is 5.08. The Morgan fingerprint density at radius 3 is 2.75 bits per heavy atom. The molecule has 0 aromatic heterocycles. The van der Waals surface area contributed by atoms with Crippen LogP contribution < -0.4 is 0 Å². The first-order valence-corrected chi connectivity index (χ1v) is 9.10. The molecule has 1 fully saturated rings. The number of hydrogen-bond acceptors (Lipinski definition) is 7. The SMILES string of the molecule is C=C1C(=O)O[C@@H]2C=C(CO)CCC=C(C=O)[C@H](OC)[C@@H](OC(=O)/C(C)=C\C)[C@@H]12. The van der Waals surface area contributed by atoms with E-state index in [0.717, 1.165) is 0 Å². The number of esters is 2. The van der Waals surface area contributed by atoms with Gasteiger partial charge >= 0.3 is 11.9 Å². The Labute approximate surface area is 164 Å². The van der Waals surface area contributed by atoms with E-state index in [0.29, 0.717) is 35.8 Å². The van der Waals surface area contributed by atoms with Gasteiger partial charge < -0.3 is 19.3 Å². The zero-order valence-corrected chi connectivity index (χ0v) is 16.3. The number of carbonyl (C=O) groups is 3. The maximum atomic E-state index is 12.5. The van der Waals surface area contributed by atoms with Gasteiger partial charge in [0.2, 0.25) is 0 Å². The van der Waals surface area contributed by atoms with Gasteiger partial charge in [0.1, 0.15) is 24.6 Å². The number of allylic oxidation sites excluding steroid dienone is 2. The highest BCUT2D eigenvalue weighted by molar-refractivity contribution is 5.92. The van der Waals surface area contributed by atoms with Crippen LogP contribution in [-0.4, -0.2) is 55.4 Å². The smallest absolute Gasteiger partial charge is 0.334 e.